The molecule has 1 atom stereocenters. The Bertz CT molecular complexity index is 232. The quantitative estimate of drug-likeness (QED) is 0.313. The number of hydrogen-bond donors (Lipinski definition) is 0. The number of ether oxygens (including phenoxy) is 1. The molecule has 0 rings (SSSR count). The van der Waals surface area contributed by atoms with Crippen LogP contribution in [-0.2, 0) is 4.74 Å². The highest BCUT2D eigenvalue weighted by atomic mass is 16.5. The lowest BCUT2D eigenvalue weighted by molar-refractivity contribution is 0.127. The maximum absolute atomic E-state index is 5.46. The molecule has 0 aromatic rings. The smallest absolute Gasteiger partial charge is 0.109 e. The van der Waals surface area contributed by atoms with Crippen LogP contribution in [0.3, 0.4) is 0 Å². The van der Waals surface area contributed by atoms with Gasteiger partial charge in [-0.2, -0.15) is 0 Å². The van der Waals surface area contributed by atoms with Crippen molar-refractivity contribution < 1.29 is 4.74 Å². The van der Waals surface area contributed by atoms with Crippen molar-refractivity contribution in [3.8, 4) is 11.8 Å². The lowest BCUT2D eigenvalue weighted by Crippen LogP contribution is -2.11. The van der Waals surface area contributed by atoms with Gasteiger partial charge in [0, 0.05) is 12.8 Å². The molecular weight excluding hydrogens is 208 g/mol. The SMILES string of the molecule is C=COC(CC#CCCCCCC)CC(C)C. The summed E-state index contributed by atoms with van der Waals surface area (Å²) in [5.74, 6) is 7.12. The maximum Gasteiger partial charge on any atom is 0.109 e. The van der Waals surface area contributed by atoms with Crippen LogP contribution < -0.4 is 0 Å². The Labute approximate surface area is 108 Å². The van der Waals surface area contributed by atoms with Gasteiger partial charge in [0.2, 0.25) is 0 Å². The summed E-state index contributed by atoms with van der Waals surface area (Å²) < 4.78 is 5.46. The van der Waals surface area contributed by atoms with Crippen molar-refractivity contribution >= 4 is 0 Å². The predicted octanol–water partition coefficient (Wildman–Crippen LogP) is 4.93. The first-order chi connectivity index (χ1) is 8.20. The Kier molecular flexibility index (Phi) is 11.0. The molecule has 1 heteroatoms. The van der Waals surface area contributed by atoms with Crippen LogP contribution in [0.15, 0.2) is 12.8 Å². The first-order valence-corrected chi connectivity index (χ1v) is 6.92. The third kappa shape index (κ3) is 11.4. The summed E-state index contributed by atoms with van der Waals surface area (Å²) in [7, 11) is 0. The molecule has 0 saturated carbocycles. The zero-order chi connectivity index (χ0) is 12.9. The minimum absolute atomic E-state index is 0.218. The zero-order valence-corrected chi connectivity index (χ0v) is 11.8. The van der Waals surface area contributed by atoms with Crippen molar-refractivity contribution in [3.63, 3.8) is 0 Å². The maximum atomic E-state index is 5.46. The summed E-state index contributed by atoms with van der Waals surface area (Å²) in [4.78, 5) is 0. The highest BCUT2D eigenvalue weighted by molar-refractivity contribution is 5.00. The third-order valence-electron chi connectivity index (χ3n) is 2.63. The third-order valence-corrected chi connectivity index (χ3v) is 2.63. The van der Waals surface area contributed by atoms with Gasteiger partial charge in [0.1, 0.15) is 6.10 Å². The molecule has 98 valence electrons. The van der Waals surface area contributed by atoms with Crippen molar-refractivity contribution in [2.45, 2.75) is 71.8 Å². The Balaban J connectivity index is 3.71. The molecule has 1 nitrogen and oxygen atoms in total. The molecule has 0 aliphatic carbocycles. The van der Waals surface area contributed by atoms with Gasteiger partial charge in [-0.1, -0.05) is 52.5 Å². The van der Waals surface area contributed by atoms with Crippen molar-refractivity contribution in [2.24, 2.45) is 5.92 Å². The Morgan fingerprint density at radius 2 is 1.94 bits per heavy atom. The van der Waals surface area contributed by atoms with Crippen molar-refractivity contribution in [2.75, 3.05) is 0 Å². The van der Waals surface area contributed by atoms with Gasteiger partial charge in [0.05, 0.1) is 6.26 Å². The molecule has 0 heterocycles. The molecule has 0 bridgehead atoms. The van der Waals surface area contributed by atoms with Crippen molar-refractivity contribution in [3.05, 3.63) is 12.8 Å². The highest BCUT2D eigenvalue weighted by Gasteiger charge is 2.08. The van der Waals surface area contributed by atoms with Gasteiger partial charge in [0.15, 0.2) is 0 Å². The minimum Gasteiger partial charge on any atom is -0.498 e. The van der Waals surface area contributed by atoms with Crippen molar-refractivity contribution in [1.29, 1.82) is 0 Å². The van der Waals surface area contributed by atoms with Crippen molar-refractivity contribution in [1.82, 2.24) is 0 Å². The average molecular weight is 236 g/mol. The Morgan fingerprint density at radius 1 is 1.18 bits per heavy atom. The molecule has 1 unspecified atom stereocenters. The van der Waals surface area contributed by atoms with E-state index in [4.69, 9.17) is 4.74 Å². The molecule has 0 radical (unpaired) electrons. The lowest BCUT2D eigenvalue weighted by Gasteiger charge is -2.15. The van der Waals surface area contributed by atoms with Crippen LogP contribution in [0.4, 0.5) is 0 Å². The van der Waals surface area contributed by atoms with Gasteiger partial charge in [-0.05, 0) is 18.8 Å². The molecule has 0 aromatic heterocycles. The molecule has 0 N–H and O–H groups in total. The van der Waals surface area contributed by atoms with E-state index >= 15 is 0 Å². The average Bonchev–Trinajstić information content (AvgIpc) is 2.27. The van der Waals surface area contributed by atoms with E-state index in [0.29, 0.717) is 5.92 Å². The van der Waals surface area contributed by atoms with E-state index < -0.39 is 0 Å². The van der Waals surface area contributed by atoms with Gasteiger partial charge in [-0.3, -0.25) is 0 Å². The summed E-state index contributed by atoms with van der Waals surface area (Å²) in [6, 6.07) is 0. The van der Waals surface area contributed by atoms with Crippen LogP contribution in [0.2, 0.25) is 0 Å². The first-order valence-electron chi connectivity index (χ1n) is 6.92. The predicted molar refractivity (Wildman–Crippen MR) is 75.7 cm³/mol. The number of rotatable bonds is 9. The topological polar surface area (TPSA) is 9.23 Å². The molecule has 0 aliphatic heterocycles. The summed E-state index contributed by atoms with van der Waals surface area (Å²) in [5.41, 5.74) is 0. The summed E-state index contributed by atoms with van der Waals surface area (Å²) in [6.45, 7) is 10.3. The zero-order valence-electron chi connectivity index (χ0n) is 11.8. The lowest BCUT2D eigenvalue weighted by atomic mass is 10.0. The largest absolute Gasteiger partial charge is 0.498 e. The fourth-order valence-electron chi connectivity index (χ4n) is 1.76. The van der Waals surface area contributed by atoms with Gasteiger partial charge >= 0.3 is 0 Å². The van der Waals surface area contributed by atoms with Crippen LogP contribution in [0.25, 0.3) is 0 Å². The number of hydrogen-bond acceptors (Lipinski definition) is 1. The molecule has 0 saturated heterocycles. The van der Waals surface area contributed by atoms with Crippen LogP contribution in [0.1, 0.15) is 65.7 Å². The van der Waals surface area contributed by atoms with E-state index in [1.165, 1.54) is 31.9 Å². The fourth-order valence-corrected chi connectivity index (χ4v) is 1.76. The normalized spacial score (nSPS) is 11.8. The van der Waals surface area contributed by atoms with Crippen LogP contribution in [0.5, 0.6) is 0 Å². The van der Waals surface area contributed by atoms with Crippen LogP contribution >= 0.6 is 0 Å². The Morgan fingerprint density at radius 3 is 2.53 bits per heavy atom. The van der Waals surface area contributed by atoms with E-state index in [1.54, 1.807) is 0 Å². The van der Waals surface area contributed by atoms with E-state index in [-0.39, 0.29) is 6.10 Å². The van der Waals surface area contributed by atoms with Crippen LogP contribution in [0, 0.1) is 17.8 Å². The van der Waals surface area contributed by atoms with Gasteiger partial charge < -0.3 is 4.74 Å². The van der Waals surface area contributed by atoms with Gasteiger partial charge in [0.25, 0.3) is 0 Å². The number of unbranched alkanes of at least 4 members (excludes halogenated alkanes) is 4. The Hall–Kier alpha value is -0.900. The van der Waals surface area contributed by atoms with E-state index in [2.05, 4.69) is 39.2 Å². The monoisotopic (exact) mass is 236 g/mol. The molecule has 0 aliphatic rings. The molecule has 0 aromatic carbocycles. The second kappa shape index (κ2) is 11.6. The fraction of sp³-hybridized carbons (Fsp3) is 0.750. The molecule has 0 amide bonds. The standard InChI is InChI=1S/C16H28O/c1-5-7-8-9-10-11-12-13-16(17-6-2)14-15(3)4/h6,15-16H,2,5,7-10,13-14H2,1,3-4H3. The molecular formula is C16H28O. The summed E-state index contributed by atoms with van der Waals surface area (Å²) >= 11 is 0. The van der Waals surface area contributed by atoms with Crippen LogP contribution in [-0.4, -0.2) is 6.10 Å². The van der Waals surface area contributed by atoms with E-state index in [0.717, 1.165) is 19.3 Å². The molecule has 0 fully saturated rings. The first kappa shape index (κ1) is 16.1. The minimum atomic E-state index is 0.218. The summed E-state index contributed by atoms with van der Waals surface area (Å²) in [6.07, 6.45) is 9.83. The second-order valence-electron chi connectivity index (χ2n) is 4.92. The van der Waals surface area contributed by atoms with E-state index in [9.17, 15) is 0 Å². The second-order valence-corrected chi connectivity index (χ2v) is 4.92. The molecule has 17 heavy (non-hydrogen) atoms. The summed E-state index contributed by atoms with van der Waals surface area (Å²) in [5, 5.41) is 0. The van der Waals surface area contributed by atoms with Gasteiger partial charge in [-0.15, -0.1) is 5.92 Å². The molecule has 0 spiro atoms. The van der Waals surface area contributed by atoms with Gasteiger partial charge in [-0.25, -0.2) is 0 Å². The van der Waals surface area contributed by atoms with E-state index in [1.807, 2.05) is 0 Å². The highest BCUT2D eigenvalue weighted by Crippen LogP contribution is 2.11.